The number of hydrogen-bond acceptors (Lipinski definition) is 4. The molecular formula is C12H14N2OS. The van der Waals surface area contributed by atoms with E-state index in [1.54, 1.807) is 18.9 Å². The second kappa shape index (κ2) is 4.67. The smallest absolute Gasteiger partial charge is 0.121 e. The summed E-state index contributed by atoms with van der Waals surface area (Å²) in [5.74, 6) is 0.859. The van der Waals surface area contributed by atoms with Crippen molar-refractivity contribution in [2.75, 3.05) is 12.4 Å². The molecule has 0 amide bonds. The Hall–Kier alpha value is -1.34. The Kier molecular flexibility index (Phi) is 3.25. The van der Waals surface area contributed by atoms with Gasteiger partial charge in [-0.1, -0.05) is 0 Å². The molecule has 3 nitrogen and oxygen atoms in total. The Balaban J connectivity index is 2.25. The van der Waals surface area contributed by atoms with Crippen LogP contribution in [0.1, 0.15) is 13.3 Å². The maximum atomic E-state index is 8.76. The first-order valence-corrected chi connectivity index (χ1v) is 6.10. The molecule has 0 radical (unpaired) electrons. The summed E-state index contributed by atoms with van der Waals surface area (Å²) in [5, 5.41) is 12.5. The normalized spacial score (nSPS) is 22.8. The van der Waals surface area contributed by atoms with E-state index in [2.05, 4.69) is 18.3 Å². The highest BCUT2D eigenvalue weighted by atomic mass is 32.2. The highest BCUT2D eigenvalue weighted by Crippen LogP contribution is 2.40. The number of fused-ring (bicyclic) bond motifs is 1. The number of anilines is 1. The van der Waals surface area contributed by atoms with E-state index in [0.717, 1.165) is 11.4 Å². The van der Waals surface area contributed by atoms with Crippen molar-refractivity contribution in [3.8, 4) is 11.8 Å². The second-order valence-electron chi connectivity index (χ2n) is 3.81. The van der Waals surface area contributed by atoms with E-state index >= 15 is 0 Å². The number of hydrogen-bond donors (Lipinski definition) is 1. The number of benzene rings is 1. The van der Waals surface area contributed by atoms with Crippen LogP contribution in [-0.2, 0) is 0 Å². The van der Waals surface area contributed by atoms with Crippen molar-refractivity contribution >= 4 is 17.4 Å². The van der Waals surface area contributed by atoms with Crippen molar-refractivity contribution in [3.63, 3.8) is 0 Å². The maximum absolute atomic E-state index is 8.76. The zero-order valence-corrected chi connectivity index (χ0v) is 10.2. The van der Waals surface area contributed by atoms with Gasteiger partial charge in [0.25, 0.3) is 0 Å². The molecule has 0 saturated heterocycles. The van der Waals surface area contributed by atoms with Gasteiger partial charge in [-0.15, -0.1) is 11.8 Å². The van der Waals surface area contributed by atoms with Gasteiger partial charge in [0.05, 0.1) is 18.9 Å². The van der Waals surface area contributed by atoms with Crippen molar-refractivity contribution in [3.05, 3.63) is 18.2 Å². The fourth-order valence-corrected chi connectivity index (χ4v) is 2.91. The summed E-state index contributed by atoms with van der Waals surface area (Å²) in [5.41, 5.74) is 1.10. The van der Waals surface area contributed by atoms with Crippen LogP contribution in [0.4, 0.5) is 5.69 Å². The SMILES string of the molecule is COc1ccc2c(c1)NC(C)C(CC#N)S2. The first-order valence-electron chi connectivity index (χ1n) is 5.22. The monoisotopic (exact) mass is 234 g/mol. The molecule has 1 aromatic carbocycles. The third kappa shape index (κ3) is 2.10. The van der Waals surface area contributed by atoms with Gasteiger partial charge in [-0.2, -0.15) is 5.26 Å². The van der Waals surface area contributed by atoms with E-state index in [1.807, 2.05) is 18.2 Å². The zero-order valence-electron chi connectivity index (χ0n) is 9.36. The molecule has 0 aliphatic carbocycles. The summed E-state index contributed by atoms with van der Waals surface area (Å²) in [6.45, 7) is 2.11. The third-order valence-corrected chi connectivity index (χ3v) is 4.19. The molecule has 16 heavy (non-hydrogen) atoms. The van der Waals surface area contributed by atoms with Crippen molar-refractivity contribution in [2.24, 2.45) is 0 Å². The molecule has 0 aromatic heterocycles. The van der Waals surface area contributed by atoms with Gasteiger partial charge >= 0.3 is 0 Å². The van der Waals surface area contributed by atoms with Gasteiger partial charge in [0, 0.05) is 28.7 Å². The molecule has 0 spiro atoms. The van der Waals surface area contributed by atoms with Gasteiger partial charge in [-0.05, 0) is 19.1 Å². The van der Waals surface area contributed by atoms with Gasteiger partial charge in [0.1, 0.15) is 5.75 Å². The van der Waals surface area contributed by atoms with Gasteiger partial charge in [0.15, 0.2) is 0 Å². The lowest BCUT2D eigenvalue weighted by Gasteiger charge is -2.30. The van der Waals surface area contributed by atoms with Gasteiger partial charge in [-0.25, -0.2) is 0 Å². The molecule has 0 fully saturated rings. The molecule has 2 unspecified atom stereocenters. The summed E-state index contributed by atoms with van der Waals surface area (Å²) in [4.78, 5) is 1.19. The lowest BCUT2D eigenvalue weighted by atomic mass is 10.1. The van der Waals surface area contributed by atoms with E-state index < -0.39 is 0 Å². The summed E-state index contributed by atoms with van der Waals surface area (Å²) in [6.07, 6.45) is 0.574. The minimum absolute atomic E-state index is 0.309. The number of ether oxygens (including phenoxy) is 1. The Bertz CT molecular complexity index is 428. The molecule has 1 aromatic rings. The summed E-state index contributed by atoms with van der Waals surface area (Å²) < 4.78 is 5.19. The van der Waals surface area contributed by atoms with Crippen LogP contribution in [0.2, 0.25) is 0 Å². The predicted molar refractivity (Wildman–Crippen MR) is 66.0 cm³/mol. The molecule has 1 aliphatic rings. The van der Waals surface area contributed by atoms with E-state index in [9.17, 15) is 0 Å². The molecule has 1 heterocycles. The summed E-state index contributed by atoms with van der Waals surface area (Å²) in [6, 6.07) is 8.54. The van der Waals surface area contributed by atoms with Crippen LogP contribution in [0.3, 0.4) is 0 Å². The van der Waals surface area contributed by atoms with Crippen molar-refractivity contribution in [1.82, 2.24) is 0 Å². The molecule has 0 bridgehead atoms. The van der Waals surface area contributed by atoms with E-state index in [0.29, 0.717) is 17.7 Å². The lowest BCUT2D eigenvalue weighted by molar-refractivity contribution is 0.414. The number of nitrogens with one attached hydrogen (secondary N) is 1. The second-order valence-corrected chi connectivity index (χ2v) is 5.09. The number of nitriles is 1. The van der Waals surface area contributed by atoms with Crippen LogP contribution in [0.5, 0.6) is 5.75 Å². The molecule has 0 saturated carbocycles. The minimum atomic E-state index is 0.309. The first-order chi connectivity index (χ1) is 7.74. The molecule has 2 rings (SSSR count). The Labute approximate surface area is 99.8 Å². The standard InChI is InChI=1S/C12H14N2OS/c1-8-11(5-6-13)16-12-4-3-9(15-2)7-10(12)14-8/h3-4,7-8,11,14H,5H2,1-2H3. The Morgan fingerprint density at radius 1 is 1.56 bits per heavy atom. The average Bonchev–Trinajstić information content (AvgIpc) is 2.30. The number of nitrogens with zero attached hydrogens (tertiary/aromatic N) is 1. The lowest BCUT2D eigenvalue weighted by Crippen LogP contribution is -2.31. The van der Waals surface area contributed by atoms with Gasteiger partial charge in [0.2, 0.25) is 0 Å². The van der Waals surface area contributed by atoms with E-state index in [1.165, 1.54) is 4.90 Å². The molecule has 84 valence electrons. The summed E-state index contributed by atoms with van der Waals surface area (Å²) in [7, 11) is 1.67. The van der Waals surface area contributed by atoms with Crippen LogP contribution in [0.15, 0.2) is 23.1 Å². The topological polar surface area (TPSA) is 45.0 Å². The number of thioether (sulfide) groups is 1. The third-order valence-electron chi connectivity index (χ3n) is 2.70. The quantitative estimate of drug-likeness (QED) is 0.854. The first kappa shape index (κ1) is 11.2. The number of rotatable bonds is 2. The van der Waals surface area contributed by atoms with Crippen LogP contribution in [0, 0.1) is 11.3 Å². The molecule has 2 atom stereocenters. The van der Waals surface area contributed by atoms with Crippen LogP contribution < -0.4 is 10.1 Å². The number of methoxy groups -OCH3 is 1. The molecule has 4 heteroatoms. The zero-order chi connectivity index (χ0) is 11.5. The Morgan fingerprint density at radius 2 is 2.38 bits per heavy atom. The van der Waals surface area contributed by atoms with Crippen molar-refractivity contribution < 1.29 is 4.74 Å². The molecule has 1 N–H and O–H groups in total. The highest BCUT2D eigenvalue weighted by Gasteiger charge is 2.25. The van der Waals surface area contributed by atoms with Crippen LogP contribution >= 0.6 is 11.8 Å². The average molecular weight is 234 g/mol. The highest BCUT2D eigenvalue weighted by molar-refractivity contribution is 8.00. The van der Waals surface area contributed by atoms with Gasteiger partial charge < -0.3 is 10.1 Å². The Morgan fingerprint density at radius 3 is 3.06 bits per heavy atom. The van der Waals surface area contributed by atoms with Crippen LogP contribution in [-0.4, -0.2) is 18.4 Å². The predicted octanol–water partition coefficient (Wildman–Crippen LogP) is 2.88. The van der Waals surface area contributed by atoms with E-state index in [4.69, 9.17) is 10.00 Å². The summed E-state index contributed by atoms with van der Waals surface area (Å²) >= 11 is 1.77. The fourth-order valence-electron chi connectivity index (χ4n) is 1.76. The molecule has 1 aliphatic heterocycles. The minimum Gasteiger partial charge on any atom is -0.497 e. The maximum Gasteiger partial charge on any atom is 0.121 e. The fraction of sp³-hybridized carbons (Fsp3) is 0.417. The molecular weight excluding hydrogens is 220 g/mol. The van der Waals surface area contributed by atoms with Crippen LogP contribution in [0.25, 0.3) is 0 Å². The van der Waals surface area contributed by atoms with Gasteiger partial charge in [-0.3, -0.25) is 0 Å². The van der Waals surface area contributed by atoms with Crippen molar-refractivity contribution in [2.45, 2.75) is 29.5 Å². The van der Waals surface area contributed by atoms with E-state index in [-0.39, 0.29) is 0 Å². The van der Waals surface area contributed by atoms with Crippen molar-refractivity contribution in [1.29, 1.82) is 5.26 Å². The largest absolute Gasteiger partial charge is 0.497 e.